The van der Waals surface area contributed by atoms with Crippen molar-refractivity contribution >= 4 is 5.90 Å². The Bertz CT molecular complexity index is 325. The molecule has 0 unspecified atom stereocenters. The summed E-state index contributed by atoms with van der Waals surface area (Å²) in [4.78, 5) is 0. The first-order chi connectivity index (χ1) is 7.13. The maximum Gasteiger partial charge on any atom is 0.387 e. The van der Waals surface area contributed by atoms with E-state index in [9.17, 15) is 8.78 Å². The van der Waals surface area contributed by atoms with Crippen LogP contribution in [0.5, 0.6) is 5.75 Å². The minimum absolute atomic E-state index is 0.0149. The standard InChI is InChI=1S/C10H11F2NO2/c1-2-14-9(13)7-3-5-8(6-4-7)15-10(11)12/h3-6,10,13H,2H2,1H3. The molecular formula is C10H11F2NO2. The number of rotatable bonds is 4. The van der Waals surface area contributed by atoms with Gasteiger partial charge in [-0.25, -0.2) is 0 Å². The van der Waals surface area contributed by atoms with Gasteiger partial charge in [-0.3, -0.25) is 5.41 Å². The molecular weight excluding hydrogens is 204 g/mol. The summed E-state index contributed by atoms with van der Waals surface area (Å²) in [6, 6.07) is 5.73. The maximum atomic E-state index is 11.8. The van der Waals surface area contributed by atoms with Gasteiger partial charge in [0.05, 0.1) is 6.61 Å². The molecule has 0 atom stereocenters. The topological polar surface area (TPSA) is 42.3 Å². The second kappa shape index (κ2) is 5.29. The summed E-state index contributed by atoms with van der Waals surface area (Å²) in [5.41, 5.74) is 0.526. The van der Waals surface area contributed by atoms with Crippen molar-refractivity contribution in [2.45, 2.75) is 13.5 Å². The zero-order valence-electron chi connectivity index (χ0n) is 8.17. The van der Waals surface area contributed by atoms with Crippen LogP contribution in [0.25, 0.3) is 0 Å². The Balaban J connectivity index is 2.67. The third kappa shape index (κ3) is 3.53. The number of ether oxygens (including phenoxy) is 2. The molecule has 1 N–H and O–H groups in total. The third-order valence-electron chi connectivity index (χ3n) is 1.63. The first-order valence-electron chi connectivity index (χ1n) is 4.40. The molecule has 0 amide bonds. The fourth-order valence-corrected chi connectivity index (χ4v) is 1.02. The van der Waals surface area contributed by atoms with Crippen molar-refractivity contribution in [1.29, 1.82) is 5.41 Å². The lowest BCUT2D eigenvalue weighted by Crippen LogP contribution is -2.05. The Morgan fingerprint density at radius 3 is 2.40 bits per heavy atom. The lowest BCUT2D eigenvalue weighted by atomic mass is 10.2. The highest BCUT2D eigenvalue weighted by Crippen LogP contribution is 2.15. The second-order valence-electron chi connectivity index (χ2n) is 2.67. The van der Waals surface area contributed by atoms with Crippen molar-refractivity contribution in [2.24, 2.45) is 0 Å². The molecule has 0 aliphatic rings. The highest BCUT2D eigenvalue weighted by Gasteiger charge is 2.05. The molecule has 1 rings (SSSR count). The zero-order chi connectivity index (χ0) is 11.3. The molecule has 0 saturated heterocycles. The predicted molar refractivity (Wildman–Crippen MR) is 51.5 cm³/mol. The number of hydrogen-bond acceptors (Lipinski definition) is 3. The molecule has 0 spiro atoms. The van der Waals surface area contributed by atoms with Crippen molar-refractivity contribution in [1.82, 2.24) is 0 Å². The fourth-order valence-electron chi connectivity index (χ4n) is 1.02. The van der Waals surface area contributed by atoms with Gasteiger partial charge < -0.3 is 9.47 Å². The van der Waals surface area contributed by atoms with Gasteiger partial charge in [0.1, 0.15) is 5.75 Å². The smallest absolute Gasteiger partial charge is 0.387 e. The summed E-state index contributed by atoms with van der Waals surface area (Å²) < 4.78 is 32.7. The number of alkyl halides is 2. The van der Waals surface area contributed by atoms with Gasteiger partial charge in [-0.05, 0) is 31.2 Å². The van der Waals surface area contributed by atoms with Crippen LogP contribution in [0.1, 0.15) is 12.5 Å². The SMILES string of the molecule is CCOC(=N)c1ccc(OC(F)F)cc1. The largest absolute Gasteiger partial charge is 0.478 e. The van der Waals surface area contributed by atoms with Crippen LogP contribution in [0.2, 0.25) is 0 Å². The average Bonchev–Trinajstić information content (AvgIpc) is 2.18. The Morgan fingerprint density at radius 2 is 1.93 bits per heavy atom. The monoisotopic (exact) mass is 215 g/mol. The lowest BCUT2D eigenvalue weighted by Gasteiger charge is -2.06. The van der Waals surface area contributed by atoms with E-state index in [-0.39, 0.29) is 11.6 Å². The van der Waals surface area contributed by atoms with E-state index in [1.165, 1.54) is 24.3 Å². The van der Waals surface area contributed by atoms with E-state index in [2.05, 4.69) is 4.74 Å². The van der Waals surface area contributed by atoms with E-state index in [0.29, 0.717) is 12.2 Å². The van der Waals surface area contributed by atoms with E-state index in [0.717, 1.165) is 0 Å². The number of halogens is 2. The normalized spacial score (nSPS) is 10.1. The van der Waals surface area contributed by atoms with Crippen molar-refractivity contribution in [3.8, 4) is 5.75 Å². The predicted octanol–water partition coefficient (Wildman–Crippen LogP) is 2.65. The van der Waals surface area contributed by atoms with E-state index < -0.39 is 6.61 Å². The first kappa shape index (κ1) is 11.4. The molecule has 1 aromatic rings. The van der Waals surface area contributed by atoms with Crippen LogP contribution in [0.15, 0.2) is 24.3 Å². The van der Waals surface area contributed by atoms with Gasteiger partial charge in [0.25, 0.3) is 0 Å². The van der Waals surface area contributed by atoms with Crippen molar-refractivity contribution in [3.05, 3.63) is 29.8 Å². The van der Waals surface area contributed by atoms with Crippen LogP contribution in [0, 0.1) is 5.41 Å². The molecule has 1 aromatic carbocycles. The van der Waals surface area contributed by atoms with Crippen LogP contribution in [-0.2, 0) is 4.74 Å². The lowest BCUT2D eigenvalue weighted by molar-refractivity contribution is -0.0498. The third-order valence-corrected chi connectivity index (χ3v) is 1.63. The first-order valence-corrected chi connectivity index (χ1v) is 4.40. The summed E-state index contributed by atoms with van der Waals surface area (Å²) in [6.07, 6.45) is 0. The van der Waals surface area contributed by atoms with Crippen molar-refractivity contribution in [3.63, 3.8) is 0 Å². The van der Waals surface area contributed by atoms with Gasteiger partial charge in [-0.2, -0.15) is 8.78 Å². The fraction of sp³-hybridized carbons (Fsp3) is 0.300. The van der Waals surface area contributed by atoms with Crippen LogP contribution in [0.4, 0.5) is 8.78 Å². The van der Waals surface area contributed by atoms with Gasteiger partial charge >= 0.3 is 6.61 Å². The van der Waals surface area contributed by atoms with Crippen molar-refractivity contribution in [2.75, 3.05) is 6.61 Å². The molecule has 0 aliphatic carbocycles. The van der Waals surface area contributed by atoms with Gasteiger partial charge in [-0.15, -0.1) is 0 Å². The summed E-state index contributed by atoms with van der Waals surface area (Å²) in [5, 5.41) is 7.43. The molecule has 82 valence electrons. The molecule has 15 heavy (non-hydrogen) atoms. The Kier molecular flexibility index (Phi) is 4.03. The van der Waals surface area contributed by atoms with Gasteiger partial charge in [-0.1, -0.05) is 0 Å². The molecule has 0 radical (unpaired) electrons. The van der Waals surface area contributed by atoms with Gasteiger partial charge in [0.15, 0.2) is 0 Å². The number of hydrogen-bond donors (Lipinski definition) is 1. The van der Waals surface area contributed by atoms with Crippen LogP contribution >= 0.6 is 0 Å². The van der Waals surface area contributed by atoms with E-state index >= 15 is 0 Å². The Hall–Kier alpha value is -1.65. The summed E-state index contributed by atoms with van der Waals surface area (Å²) in [7, 11) is 0. The summed E-state index contributed by atoms with van der Waals surface area (Å²) in [6.45, 7) is -0.668. The summed E-state index contributed by atoms with van der Waals surface area (Å²) in [5.74, 6) is 0.0825. The number of benzene rings is 1. The highest BCUT2D eigenvalue weighted by molar-refractivity contribution is 5.91. The van der Waals surface area contributed by atoms with Crippen LogP contribution in [0.3, 0.4) is 0 Å². The second-order valence-corrected chi connectivity index (χ2v) is 2.67. The van der Waals surface area contributed by atoms with Crippen molar-refractivity contribution < 1.29 is 18.3 Å². The minimum Gasteiger partial charge on any atom is -0.478 e. The highest BCUT2D eigenvalue weighted by atomic mass is 19.3. The van der Waals surface area contributed by atoms with Crippen LogP contribution in [-0.4, -0.2) is 19.1 Å². The van der Waals surface area contributed by atoms with E-state index in [4.69, 9.17) is 10.1 Å². The Morgan fingerprint density at radius 1 is 1.33 bits per heavy atom. The van der Waals surface area contributed by atoms with Crippen LogP contribution < -0.4 is 4.74 Å². The molecule has 3 nitrogen and oxygen atoms in total. The average molecular weight is 215 g/mol. The number of nitrogens with one attached hydrogen (secondary N) is 1. The molecule has 5 heteroatoms. The maximum absolute atomic E-state index is 11.8. The molecule has 0 fully saturated rings. The molecule has 0 aromatic heterocycles. The molecule has 0 aliphatic heterocycles. The molecule has 0 bridgehead atoms. The van der Waals surface area contributed by atoms with E-state index in [1.54, 1.807) is 6.92 Å². The summed E-state index contributed by atoms with van der Waals surface area (Å²) >= 11 is 0. The van der Waals surface area contributed by atoms with E-state index in [1.807, 2.05) is 0 Å². The quantitative estimate of drug-likeness (QED) is 0.619. The molecule has 0 saturated carbocycles. The zero-order valence-corrected chi connectivity index (χ0v) is 8.17. The van der Waals surface area contributed by atoms with Gasteiger partial charge in [0.2, 0.25) is 5.90 Å². The molecule has 0 heterocycles. The minimum atomic E-state index is -2.83. The van der Waals surface area contributed by atoms with Gasteiger partial charge in [0, 0.05) is 5.56 Å². The Labute approximate surface area is 86.1 Å².